The van der Waals surface area contributed by atoms with Crippen molar-refractivity contribution in [2.75, 3.05) is 7.05 Å². The lowest BCUT2D eigenvalue weighted by Crippen LogP contribution is -2.61. The van der Waals surface area contributed by atoms with Gasteiger partial charge < -0.3 is 10.6 Å². The summed E-state index contributed by atoms with van der Waals surface area (Å²) in [5.74, 6) is -1.17. The van der Waals surface area contributed by atoms with E-state index >= 15 is 0 Å². The highest BCUT2D eigenvalue weighted by molar-refractivity contribution is 5.86. The van der Waals surface area contributed by atoms with Crippen LogP contribution in [0.15, 0.2) is 24.5 Å². The van der Waals surface area contributed by atoms with Crippen LogP contribution in [0.2, 0.25) is 0 Å². The molecule has 18 heavy (non-hydrogen) atoms. The fourth-order valence-corrected chi connectivity index (χ4v) is 1.35. The van der Waals surface area contributed by atoms with E-state index in [0.29, 0.717) is 12.5 Å². The van der Waals surface area contributed by atoms with Crippen LogP contribution < -0.4 is 5.73 Å². The second kappa shape index (κ2) is 4.93. The molecule has 1 rings (SSSR count). The fraction of sp³-hybridized carbons (Fsp3) is 0.455. The summed E-state index contributed by atoms with van der Waals surface area (Å²) in [5, 5.41) is 0. The Balaban J connectivity index is 2.80. The Morgan fingerprint density at radius 2 is 1.89 bits per heavy atom. The number of likely N-dealkylation sites (N-methyl/N-ethyl adjacent to an activating group) is 1. The van der Waals surface area contributed by atoms with Gasteiger partial charge in [-0.2, -0.15) is 13.2 Å². The number of amides is 1. The molecule has 0 saturated heterocycles. The van der Waals surface area contributed by atoms with Crippen molar-refractivity contribution in [3.63, 3.8) is 0 Å². The summed E-state index contributed by atoms with van der Waals surface area (Å²) in [6, 6.07) is 3.23. The van der Waals surface area contributed by atoms with Crippen LogP contribution in [0.25, 0.3) is 0 Å². The van der Waals surface area contributed by atoms with Crippen molar-refractivity contribution in [3.05, 3.63) is 30.1 Å². The molecule has 0 spiro atoms. The first-order valence-electron chi connectivity index (χ1n) is 5.16. The van der Waals surface area contributed by atoms with Crippen molar-refractivity contribution in [1.29, 1.82) is 0 Å². The lowest BCUT2D eigenvalue weighted by molar-refractivity contribution is -0.193. The average molecular weight is 261 g/mol. The van der Waals surface area contributed by atoms with Crippen molar-refractivity contribution < 1.29 is 18.0 Å². The van der Waals surface area contributed by atoms with Gasteiger partial charge in [0, 0.05) is 26.0 Å². The number of carbonyl (C=O) groups excluding carboxylic acids is 1. The molecule has 100 valence electrons. The summed E-state index contributed by atoms with van der Waals surface area (Å²) >= 11 is 0. The molecule has 0 aromatic carbocycles. The third-order valence-electron chi connectivity index (χ3n) is 2.55. The largest absolute Gasteiger partial charge is 0.415 e. The molecule has 4 nitrogen and oxygen atoms in total. The van der Waals surface area contributed by atoms with Crippen LogP contribution >= 0.6 is 0 Å². The summed E-state index contributed by atoms with van der Waals surface area (Å²) in [6.45, 7) is 0.711. The lowest BCUT2D eigenvalue weighted by Gasteiger charge is -2.30. The molecule has 0 aliphatic rings. The van der Waals surface area contributed by atoms with Crippen molar-refractivity contribution in [2.24, 2.45) is 5.73 Å². The van der Waals surface area contributed by atoms with Crippen LogP contribution in [0, 0.1) is 0 Å². The average Bonchev–Trinajstić information content (AvgIpc) is 2.27. The normalized spacial score (nSPS) is 15.0. The molecule has 0 bridgehead atoms. The second-order valence-corrected chi connectivity index (χ2v) is 4.22. The number of aromatic nitrogens is 1. The predicted octanol–water partition coefficient (Wildman–Crippen LogP) is 1.32. The van der Waals surface area contributed by atoms with Gasteiger partial charge in [0.25, 0.3) is 5.91 Å². The Morgan fingerprint density at radius 1 is 1.39 bits per heavy atom. The summed E-state index contributed by atoms with van der Waals surface area (Å²) in [5.41, 5.74) is 2.86. The summed E-state index contributed by atoms with van der Waals surface area (Å²) in [7, 11) is 1.28. The van der Waals surface area contributed by atoms with Gasteiger partial charge in [-0.05, 0) is 24.6 Å². The van der Waals surface area contributed by atoms with E-state index in [0.717, 1.165) is 4.90 Å². The molecule has 7 heteroatoms. The molecule has 1 heterocycles. The summed E-state index contributed by atoms with van der Waals surface area (Å²) in [6.07, 6.45) is -1.78. The zero-order valence-corrected chi connectivity index (χ0v) is 10.0. The van der Waals surface area contributed by atoms with Crippen LogP contribution in [0.3, 0.4) is 0 Å². The lowest BCUT2D eigenvalue weighted by atomic mass is 10.0. The third kappa shape index (κ3) is 2.98. The van der Waals surface area contributed by atoms with E-state index < -0.39 is 17.6 Å². The molecule has 0 radical (unpaired) electrons. The number of nitrogens with zero attached hydrogens (tertiary/aromatic N) is 2. The van der Waals surface area contributed by atoms with Gasteiger partial charge in [-0.25, -0.2) is 0 Å². The SMILES string of the molecule is CN(Cc1ccncc1)C(=O)C(C)(N)C(F)(F)F. The number of pyridine rings is 1. The molecule has 1 aromatic rings. The molecule has 0 fully saturated rings. The number of alkyl halides is 3. The van der Waals surface area contributed by atoms with E-state index in [4.69, 9.17) is 5.73 Å². The quantitative estimate of drug-likeness (QED) is 0.892. The number of hydrogen-bond donors (Lipinski definition) is 1. The van der Waals surface area contributed by atoms with Crippen molar-refractivity contribution in [2.45, 2.75) is 25.2 Å². The van der Waals surface area contributed by atoms with Gasteiger partial charge in [0.05, 0.1) is 0 Å². The van der Waals surface area contributed by atoms with Crippen LogP contribution in [-0.4, -0.2) is 34.6 Å². The number of nitrogens with two attached hydrogens (primary N) is 1. The van der Waals surface area contributed by atoms with Gasteiger partial charge in [0.2, 0.25) is 0 Å². The van der Waals surface area contributed by atoms with Crippen molar-refractivity contribution >= 4 is 5.91 Å². The van der Waals surface area contributed by atoms with Crippen LogP contribution in [0.4, 0.5) is 13.2 Å². The van der Waals surface area contributed by atoms with E-state index in [2.05, 4.69) is 4.98 Å². The topological polar surface area (TPSA) is 59.2 Å². The Bertz CT molecular complexity index is 417. The molecule has 2 N–H and O–H groups in total. The maximum atomic E-state index is 12.6. The first kappa shape index (κ1) is 14.4. The van der Waals surface area contributed by atoms with Gasteiger partial charge in [0.1, 0.15) is 0 Å². The summed E-state index contributed by atoms with van der Waals surface area (Å²) in [4.78, 5) is 16.4. The zero-order valence-electron chi connectivity index (χ0n) is 10.0. The molecule has 0 aliphatic heterocycles. The molecular weight excluding hydrogens is 247 g/mol. The maximum Gasteiger partial charge on any atom is 0.415 e. The highest BCUT2D eigenvalue weighted by Gasteiger charge is 2.54. The summed E-state index contributed by atoms with van der Waals surface area (Å²) < 4.78 is 37.8. The molecule has 1 atom stereocenters. The third-order valence-corrected chi connectivity index (χ3v) is 2.55. The van der Waals surface area contributed by atoms with Crippen molar-refractivity contribution in [3.8, 4) is 0 Å². The Hall–Kier alpha value is -1.63. The molecule has 1 aromatic heterocycles. The van der Waals surface area contributed by atoms with Gasteiger partial charge >= 0.3 is 6.18 Å². The van der Waals surface area contributed by atoms with Crippen LogP contribution in [0.5, 0.6) is 0 Å². The van der Waals surface area contributed by atoms with E-state index in [9.17, 15) is 18.0 Å². The molecule has 1 amide bonds. The number of rotatable bonds is 3. The first-order chi connectivity index (χ1) is 8.16. The smallest absolute Gasteiger partial charge is 0.340 e. The second-order valence-electron chi connectivity index (χ2n) is 4.22. The van der Waals surface area contributed by atoms with E-state index in [1.807, 2.05) is 0 Å². The van der Waals surface area contributed by atoms with Crippen LogP contribution in [0.1, 0.15) is 12.5 Å². The molecular formula is C11H14F3N3O. The molecule has 1 unspecified atom stereocenters. The van der Waals surface area contributed by atoms with Gasteiger partial charge in [-0.1, -0.05) is 0 Å². The number of halogens is 3. The minimum absolute atomic E-state index is 0.0459. The minimum Gasteiger partial charge on any atom is -0.340 e. The van der Waals surface area contributed by atoms with E-state index in [1.165, 1.54) is 19.4 Å². The number of hydrogen-bond acceptors (Lipinski definition) is 3. The Morgan fingerprint density at radius 3 is 2.33 bits per heavy atom. The highest BCUT2D eigenvalue weighted by atomic mass is 19.4. The minimum atomic E-state index is -4.78. The van der Waals surface area contributed by atoms with E-state index in [-0.39, 0.29) is 6.54 Å². The molecule has 0 saturated carbocycles. The van der Waals surface area contributed by atoms with Crippen LogP contribution in [-0.2, 0) is 11.3 Å². The maximum absolute atomic E-state index is 12.6. The Labute approximate surface area is 103 Å². The molecule has 0 aliphatic carbocycles. The zero-order chi connectivity index (χ0) is 14.0. The van der Waals surface area contributed by atoms with Gasteiger partial charge in [0.15, 0.2) is 5.54 Å². The standard InChI is InChI=1S/C11H14F3N3O/c1-10(15,11(12,13)14)9(18)17(2)7-8-3-5-16-6-4-8/h3-6H,7,15H2,1-2H3. The fourth-order valence-electron chi connectivity index (χ4n) is 1.35. The highest BCUT2D eigenvalue weighted by Crippen LogP contribution is 2.29. The van der Waals surface area contributed by atoms with E-state index in [1.54, 1.807) is 12.1 Å². The predicted molar refractivity (Wildman–Crippen MR) is 59.4 cm³/mol. The van der Waals surface area contributed by atoms with Crippen molar-refractivity contribution in [1.82, 2.24) is 9.88 Å². The van der Waals surface area contributed by atoms with Gasteiger partial charge in [-0.15, -0.1) is 0 Å². The monoisotopic (exact) mass is 261 g/mol. The van der Waals surface area contributed by atoms with Gasteiger partial charge in [-0.3, -0.25) is 9.78 Å². The number of carbonyl (C=O) groups is 1. The Kier molecular flexibility index (Phi) is 3.95. The first-order valence-corrected chi connectivity index (χ1v) is 5.16.